The van der Waals surface area contributed by atoms with Gasteiger partial charge in [-0.05, 0) is 31.1 Å². The molecule has 1 aliphatic rings. The molecule has 1 rings (SSSR count). The van der Waals surface area contributed by atoms with Crippen molar-refractivity contribution in [2.45, 2.75) is 25.7 Å². The minimum Gasteiger partial charge on any atom is -0.337 e. The van der Waals surface area contributed by atoms with Gasteiger partial charge in [-0.3, -0.25) is 10.9 Å². The zero-order valence-corrected chi connectivity index (χ0v) is 10.4. The van der Waals surface area contributed by atoms with Gasteiger partial charge in [0, 0.05) is 13.1 Å². The number of nitrogens with two attached hydrogens (primary N) is 2. The average molecular weight is 258 g/mol. The van der Waals surface area contributed by atoms with Crippen molar-refractivity contribution in [2.24, 2.45) is 23.5 Å². The predicted molar refractivity (Wildman–Crippen MR) is 66.9 cm³/mol. The monoisotopic (exact) mass is 258 g/mol. The average Bonchev–Trinajstić information content (AvgIpc) is 2.42. The molecule has 0 bridgehead atoms. The lowest BCUT2D eigenvalue weighted by atomic mass is 9.81. The van der Waals surface area contributed by atoms with E-state index >= 15 is 0 Å². The van der Waals surface area contributed by atoms with Gasteiger partial charge in [0.05, 0.1) is 0 Å². The lowest BCUT2D eigenvalue weighted by Gasteiger charge is -2.29. The molecule has 0 spiro atoms. The first-order chi connectivity index (χ1) is 8.65. The Labute approximate surface area is 106 Å². The Morgan fingerprint density at radius 3 is 1.78 bits per heavy atom. The third kappa shape index (κ3) is 5.19. The summed E-state index contributed by atoms with van der Waals surface area (Å²) < 4.78 is 0. The normalized spacial score (nSPS) is 23.0. The molecule has 8 N–H and O–H groups in total. The molecule has 0 aromatic carbocycles. The van der Waals surface area contributed by atoms with Gasteiger partial charge < -0.3 is 10.6 Å². The van der Waals surface area contributed by atoms with Crippen molar-refractivity contribution in [3.8, 4) is 0 Å². The lowest BCUT2D eigenvalue weighted by molar-refractivity contribution is 0.222. The maximum Gasteiger partial charge on any atom is 0.328 e. The second-order valence-corrected chi connectivity index (χ2v) is 4.61. The molecule has 2 atom stereocenters. The zero-order chi connectivity index (χ0) is 13.4. The van der Waals surface area contributed by atoms with E-state index in [4.69, 9.17) is 11.7 Å². The van der Waals surface area contributed by atoms with E-state index in [9.17, 15) is 9.59 Å². The summed E-state index contributed by atoms with van der Waals surface area (Å²) in [6, 6.07) is -0.726. The van der Waals surface area contributed by atoms with Crippen LogP contribution < -0.4 is 33.2 Å². The van der Waals surface area contributed by atoms with Gasteiger partial charge in [-0.25, -0.2) is 21.3 Å². The number of rotatable bonds is 4. The minimum absolute atomic E-state index is 0.363. The van der Waals surface area contributed by atoms with Gasteiger partial charge >= 0.3 is 12.1 Å². The first-order valence-electron chi connectivity index (χ1n) is 6.14. The van der Waals surface area contributed by atoms with E-state index in [-0.39, 0.29) is 12.1 Å². The molecule has 0 heterocycles. The molecule has 18 heavy (non-hydrogen) atoms. The smallest absolute Gasteiger partial charge is 0.328 e. The van der Waals surface area contributed by atoms with Crippen LogP contribution in [0.5, 0.6) is 0 Å². The molecule has 8 heteroatoms. The Bertz CT molecular complexity index is 260. The van der Waals surface area contributed by atoms with Gasteiger partial charge in [-0.1, -0.05) is 6.42 Å². The highest BCUT2D eigenvalue weighted by molar-refractivity contribution is 5.73. The van der Waals surface area contributed by atoms with Crippen LogP contribution in [0.4, 0.5) is 9.59 Å². The van der Waals surface area contributed by atoms with Crippen molar-refractivity contribution in [1.29, 1.82) is 0 Å². The van der Waals surface area contributed by atoms with E-state index in [1.165, 1.54) is 0 Å². The molecule has 0 aromatic rings. The SMILES string of the molecule is NNC(=O)NCC1CCCC(CNC(=O)NN)C1. The Balaban J connectivity index is 2.23. The molecular formula is C10H22N6O2. The fraction of sp³-hybridized carbons (Fsp3) is 0.800. The van der Waals surface area contributed by atoms with Crippen LogP contribution in [0.2, 0.25) is 0 Å². The van der Waals surface area contributed by atoms with Gasteiger partial charge in [0.25, 0.3) is 0 Å². The lowest BCUT2D eigenvalue weighted by Crippen LogP contribution is -2.44. The van der Waals surface area contributed by atoms with E-state index in [0.29, 0.717) is 24.9 Å². The van der Waals surface area contributed by atoms with Crippen LogP contribution in [0.3, 0.4) is 0 Å². The van der Waals surface area contributed by atoms with Gasteiger partial charge in [-0.15, -0.1) is 0 Å². The number of nitrogens with one attached hydrogen (secondary N) is 4. The highest BCUT2D eigenvalue weighted by atomic mass is 16.2. The summed E-state index contributed by atoms with van der Waals surface area (Å²) in [7, 11) is 0. The van der Waals surface area contributed by atoms with Crippen molar-refractivity contribution >= 4 is 12.1 Å². The topological polar surface area (TPSA) is 134 Å². The molecule has 0 aliphatic heterocycles. The van der Waals surface area contributed by atoms with E-state index in [1.54, 1.807) is 0 Å². The zero-order valence-electron chi connectivity index (χ0n) is 10.4. The molecule has 4 amide bonds. The van der Waals surface area contributed by atoms with Crippen LogP contribution in [0, 0.1) is 11.8 Å². The number of hydrogen-bond donors (Lipinski definition) is 6. The van der Waals surface area contributed by atoms with E-state index < -0.39 is 0 Å². The van der Waals surface area contributed by atoms with Crippen LogP contribution in [0.15, 0.2) is 0 Å². The first-order valence-corrected chi connectivity index (χ1v) is 6.14. The van der Waals surface area contributed by atoms with Crippen LogP contribution in [0.1, 0.15) is 25.7 Å². The van der Waals surface area contributed by atoms with Crippen LogP contribution in [0.25, 0.3) is 0 Å². The van der Waals surface area contributed by atoms with Crippen LogP contribution in [-0.2, 0) is 0 Å². The van der Waals surface area contributed by atoms with Gasteiger partial charge in [0.2, 0.25) is 0 Å². The third-order valence-electron chi connectivity index (χ3n) is 3.26. The highest BCUT2D eigenvalue weighted by Crippen LogP contribution is 2.28. The largest absolute Gasteiger partial charge is 0.337 e. The summed E-state index contributed by atoms with van der Waals surface area (Å²) in [6.45, 7) is 1.23. The van der Waals surface area contributed by atoms with Gasteiger partial charge in [-0.2, -0.15) is 0 Å². The second-order valence-electron chi connectivity index (χ2n) is 4.61. The quantitative estimate of drug-likeness (QED) is 0.222. The number of carbonyl (C=O) groups is 2. The molecule has 8 nitrogen and oxygen atoms in total. The summed E-state index contributed by atoms with van der Waals surface area (Å²) in [4.78, 5) is 21.9. The second kappa shape index (κ2) is 7.72. The number of amides is 4. The predicted octanol–water partition coefficient (Wildman–Crippen LogP) is -0.861. The van der Waals surface area contributed by atoms with Crippen LogP contribution in [-0.4, -0.2) is 25.2 Å². The van der Waals surface area contributed by atoms with Crippen molar-refractivity contribution in [3.05, 3.63) is 0 Å². The number of carbonyl (C=O) groups excluding carboxylic acids is 2. The molecule has 1 fully saturated rings. The molecule has 0 radical (unpaired) electrons. The van der Waals surface area contributed by atoms with E-state index in [0.717, 1.165) is 25.7 Å². The summed E-state index contributed by atoms with van der Waals surface area (Å²) >= 11 is 0. The van der Waals surface area contributed by atoms with Crippen molar-refractivity contribution < 1.29 is 9.59 Å². The molecule has 2 unspecified atom stereocenters. The Hall–Kier alpha value is -1.54. The van der Waals surface area contributed by atoms with E-state index in [1.807, 2.05) is 10.9 Å². The van der Waals surface area contributed by atoms with Gasteiger partial charge in [0.1, 0.15) is 0 Å². The first kappa shape index (κ1) is 14.5. The summed E-state index contributed by atoms with van der Waals surface area (Å²) in [6.07, 6.45) is 4.26. The number of urea groups is 2. The number of hydrazine groups is 2. The third-order valence-corrected chi connectivity index (χ3v) is 3.26. The molecule has 0 aromatic heterocycles. The Morgan fingerprint density at radius 1 is 0.944 bits per heavy atom. The minimum atomic E-state index is -0.363. The Morgan fingerprint density at radius 2 is 1.39 bits per heavy atom. The molecule has 1 saturated carbocycles. The maximum absolute atomic E-state index is 11.0. The van der Waals surface area contributed by atoms with E-state index in [2.05, 4.69) is 10.6 Å². The molecule has 104 valence electrons. The number of hydrogen-bond acceptors (Lipinski definition) is 4. The fourth-order valence-corrected chi connectivity index (χ4v) is 2.35. The highest BCUT2D eigenvalue weighted by Gasteiger charge is 2.22. The summed E-state index contributed by atoms with van der Waals surface area (Å²) in [5, 5.41) is 5.41. The fourth-order valence-electron chi connectivity index (χ4n) is 2.35. The molecule has 1 aliphatic carbocycles. The van der Waals surface area contributed by atoms with Crippen molar-refractivity contribution in [1.82, 2.24) is 21.5 Å². The van der Waals surface area contributed by atoms with Crippen molar-refractivity contribution in [2.75, 3.05) is 13.1 Å². The molecular weight excluding hydrogens is 236 g/mol. The summed E-state index contributed by atoms with van der Waals surface area (Å²) in [5.74, 6) is 10.8. The van der Waals surface area contributed by atoms with Crippen LogP contribution >= 0.6 is 0 Å². The standard InChI is InChI=1S/C10H22N6O2/c11-15-9(17)13-5-7-2-1-3-8(4-7)6-14-10(18)16-12/h7-8H,1-6,11-12H2,(H2,13,15,17)(H2,14,16,18). The maximum atomic E-state index is 11.0. The molecule has 0 saturated heterocycles. The summed E-state index contributed by atoms with van der Waals surface area (Å²) in [5.41, 5.74) is 4.07. The van der Waals surface area contributed by atoms with Gasteiger partial charge in [0.15, 0.2) is 0 Å². The van der Waals surface area contributed by atoms with Crippen molar-refractivity contribution in [3.63, 3.8) is 0 Å². The Kier molecular flexibility index (Phi) is 6.23.